The average molecular weight is 327 g/mol. The molecule has 1 spiro atoms. The first kappa shape index (κ1) is 15.5. The first-order valence-corrected chi connectivity index (χ1v) is 8.87. The summed E-state index contributed by atoms with van der Waals surface area (Å²) in [6.45, 7) is 8.56. The van der Waals surface area contributed by atoms with Gasteiger partial charge in [-0.05, 0) is 25.5 Å². The van der Waals surface area contributed by atoms with Gasteiger partial charge in [0.15, 0.2) is 0 Å². The maximum atomic E-state index is 11.9. The molecule has 2 aliphatic heterocycles. The molecular weight excluding hydrogens is 302 g/mol. The van der Waals surface area contributed by atoms with E-state index in [2.05, 4.69) is 41.1 Å². The summed E-state index contributed by atoms with van der Waals surface area (Å²) >= 11 is 0. The van der Waals surface area contributed by atoms with Crippen molar-refractivity contribution in [2.45, 2.75) is 38.8 Å². The second kappa shape index (κ2) is 5.81. The topological polar surface area (TPSA) is 48.6 Å². The van der Waals surface area contributed by atoms with E-state index in [4.69, 9.17) is 4.74 Å². The molecule has 0 unspecified atom stereocenters. The number of fused-ring (bicyclic) bond motifs is 1. The Kier molecular flexibility index (Phi) is 3.76. The molecule has 0 atom stereocenters. The van der Waals surface area contributed by atoms with Crippen LogP contribution in [-0.2, 0) is 11.3 Å². The number of aryl methyl sites for hydroxylation is 1. The molecule has 0 bridgehead atoms. The van der Waals surface area contributed by atoms with Crippen LogP contribution in [0.2, 0.25) is 0 Å². The van der Waals surface area contributed by atoms with Crippen LogP contribution < -0.4 is 0 Å². The first-order chi connectivity index (χ1) is 11.6. The number of amides is 1. The van der Waals surface area contributed by atoms with Crippen LogP contribution in [0.4, 0.5) is 4.79 Å². The van der Waals surface area contributed by atoms with Crippen LogP contribution in [0.25, 0.3) is 10.9 Å². The number of nitrogens with zero attached hydrogens (tertiary/aromatic N) is 2. The minimum atomic E-state index is -0.251. The van der Waals surface area contributed by atoms with Crippen LogP contribution in [0.1, 0.15) is 31.0 Å². The zero-order valence-electron chi connectivity index (χ0n) is 14.5. The van der Waals surface area contributed by atoms with Crippen molar-refractivity contribution in [3.8, 4) is 0 Å². The molecule has 2 fully saturated rings. The molecule has 1 N–H and O–H groups in total. The summed E-state index contributed by atoms with van der Waals surface area (Å²) in [4.78, 5) is 19.7. The van der Waals surface area contributed by atoms with Crippen LogP contribution >= 0.6 is 0 Å². The summed E-state index contributed by atoms with van der Waals surface area (Å²) in [6, 6.07) is 8.47. The highest BCUT2D eigenvalue weighted by atomic mass is 16.6. The van der Waals surface area contributed by atoms with Gasteiger partial charge in [-0.15, -0.1) is 0 Å². The molecule has 1 aromatic carbocycles. The third kappa shape index (κ3) is 2.57. The van der Waals surface area contributed by atoms with Crippen molar-refractivity contribution in [2.24, 2.45) is 0 Å². The summed E-state index contributed by atoms with van der Waals surface area (Å²) in [7, 11) is 0. The largest absolute Gasteiger partial charge is 0.441 e. The van der Waals surface area contributed by atoms with Crippen LogP contribution in [-0.4, -0.2) is 52.7 Å². The van der Waals surface area contributed by atoms with Crippen molar-refractivity contribution in [3.63, 3.8) is 0 Å². The molecule has 0 saturated carbocycles. The quantitative estimate of drug-likeness (QED) is 0.941. The van der Waals surface area contributed by atoms with Crippen molar-refractivity contribution in [3.05, 3.63) is 35.5 Å². The van der Waals surface area contributed by atoms with Gasteiger partial charge in [0.1, 0.15) is 5.60 Å². The van der Waals surface area contributed by atoms with Gasteiger partial charge < -0.3 is 14.6 Å². The van der Waals surface area contributed by atoms with E-state index in [1.165, 1.54) is 22.2 Å². The number of hydrogen-bond donors (Lipinski definition) is 1. The molecular formula is C19H25N3O2. The Balaban J connectivity index is 1.43. The maximum Gasteiger partial charge on any atom is 0.410 e. The van der Waals surface area contributed by atoms with Gasteiger partial charge >= 0.3 is 6.09 Å². The molecule has 1 amide bonds. The molecule has 5 heteroatoms. The number of ether oxygens (including phenoxy) is 1. The number of likely N-dealkylation sites (N-methyl/N-ethyl adjacent to an activating group) is 1. The Morgan fingerprint density at radius 2 is 2.00 bits per heavy atom. The van der Waals surface area contributed by atoms with Gasteiger partial charge in [0.2, 0.25) is 0 Å². The molecule has 24 heavy (non-hydrogen) atoms. The number of aromatic nitrogens is 1. The smallest absolute Gasteiger partial charge is 0.410 e. The van der Waals surface area contributed by atoms with E-state index in [1.807, 2.05) is 11.8 Å². The molecule has 2 aromatic rings. The zero-order valence-corrected chi connectivity index (χ0v) is 14.5. The molecule has 128 valence electrons. The SMILES string of the molecule is CCN1CC2(CCN(Cc3[nH]c4ccccc4c3C)CC2)OC1=O. The van der Waals surface area contributed by atoms with Gasteiger partial charge in [-0.2, -0.15) is 0 Å². The number of rotatable bonds is 3. The Bertz CT molecular complexity index is 759. The van der Waals surface area contributed by atoms with Gasteiger partial charge in [0, 0.05) is 55.6 Å². The predicted molar refractivity (Wildman–Crippen MR) is 94.0 cm³/mol. The van der Waals surface area contributed by atoms with E-state index in [0.29, 0.717) is 0 Å². The van der Waals surface area contributed by atoms with E-state index < -0.39 is 0 Å². The van der Waals surface area contributed by atoms with Crippen molar-refractivity contribution in [1.82, 2.24) is 14.8 Å². The minimum absolute atomic E-state index is 0.141. The van der Waals surface area contributed by atoms with Gasteiger partial charge in [-0.3, -0.25) is 4.90 Å². The normalized spacial score (nSPS) is 20.9. The van der Waals surface area contributed by atoms with E-state index >= 15 is 0 Å². The standard InChI is InChI=1S/C19H25N3O2/c1-3-22-13-19(24-18(22)23)8-10-21(11-9-19)12-17-14(2)15-6-4-5-7-16(15)20-17/h4-7,20H,3,8-13H2,1-2H3. The van der Waals surface area contributed by atoms with Crippen LogP contribution in [0.3, 0.4) is 0 Å². The van der Waals surface area contributed by atoms with Crippen molar-refractivity contribution < 1.29 is 9.53 Å². The number of H-pyrrole nitrogens is 1. The molecule has 3 heterocycles. The van der Waals surface area contributed by atoms with Crippen molar-refractivity contribution >= 4 is 17.0 Å². The monoisotopic (exact) mass is 327 g/mol. The van der Waals surface area contributed by atoms with E-state index in [9.17, 15) is 4.79 Å². The predicted octanol–water partition coefficient (Wildman–Crippen LogP) is 3.28. The second-order valence-corrected chi connectivity index (χ2v) is 7.12. The number of aromatic amines is 1. The van der Waals surface area contributed by atoms with Gasteiger partial charge in [-0.1, -0.05) is 18.2 Å². The summed E-state index contributed by atoms with van der Waals surface area (Å²) in [5, 5.41) is 1.31. The fourth-order valence-corrected chi connectivity index (χ4v) is 4.03. The molecule has 2 saturated heterocycles. The lowest BCUT2D eigenvalue weighted by Crippen LogP contribution is -2.46. The van der Waals surface area contributed by atoms with E-state index in [1.54, 1.807) is 0 Å². The van der Waals surface area contributed by atoms with Crippen LogP contribution in [0.5, 0.6) is 0 Å². The minimum Gasteiger partial charge on any atom is -0.441 e. The summed E-state index contributed by atoms with van der Waals surface area (Å²) in [5.74, 6) is 0. The Labute approximate surface area is 142 Å². The molecule has 4 rings (SSSR count). The van der Waals surface area contributed by atoms with E-state index in [-0.39, 0.29) is 11.7 Å². The number of carbonyl (C=O) groups is 1. The van der Waals surface area contributed by atoms with Gasteiger partial charge in [0.25, 0.3) is 0 Å². The highest BCUT2D eigenvalue weighted by molar-refractivity contribution is 5.84. The number of nitrogens with one attached hydrogen (secondary N) is 1. The molecule has 1 aromatic heterocycles. The Hall–Kier alpha value is -2.01. The third-order valence-electron chi connectivity index (χ3n) is 5.64. The lowest BCUT2D eigenvalue weighted by molar-refractivity contribution is -0.00148. The first-order valence-electron chi connectivity index (χ1n) is 8.87. The Morgan fingerprint density at radius 1 is 1.25 bits per heavy atom. The van der Waals surface area contributed by atoms with Crippen LogP contribution in [0.15, 0.2) is 24.3 Å². The number of hydrogen-bond acceptors (Lipinski definition) is 3. The Morgan fingerprint density at radius 3 is 2.67 bits per heavy atom. The number of piperidine rings is 1. The zero-order chi connectivity index (χ0) is 16.7. The van der Waals surface area contributed by atoms with Crippen molar-refractivity contribution in [1.29, 1.82) is 0 Å². The summed E-state index contributed by atoms with van der Waals surface area (Å²) in [5.41, 5.74) is 3.60. The summed E-state index contributed by atoms with van der Waals surface area (Å²) < 4.78 is 5.72. The highest BCUT2D eigenvalue weighted by Crippen LogP contribution is 2.34. The summed E-state index contributed by atoms with van der Waals surface area (Å²) in [6.07, 6.45) is 1.71. The molecule has 0 radical (unpaired) electrons. The highest BCUT2D eigenvalue weighted by Gasteiger charge is 2.46. The van der Waals surface area contributed by atoms with Crippen molar-refractivity contribution in [2.75, 3.05) is 26.2 Å². The number of likely N-dealkylation sites (tertiary alicyclic amines) is 1. The van der Waals surface area contributed by atoms with Gasteiger partial charge in [-0.25, -0.2) is 4.79 Å². The maximum absolute atomic E-state index is 11.9. The van der Waals surface area contributed by atoms with E-state index in [0.717, 1.165) is 45.6 Å². The molecule has 0 aliphatic carbocycles. The third-order valence-corrected chi connectivity index (χ3v) is 5.64. The number of carbonyl (C=O) groups excluding carboxylic acids is 1. The lowest BCUT2D eigenvalue weighted by atomic mass is 9.91. The molecule has 2 aliphatic rings. The average Bonchev–Trinajstić information content (AvgIpc) is 3.08. The fraction of sp³-hybridized carbons (Fsp3) is 0.526. The number of para-hydroxylation sites is 1. The fourth-order valence-electron chi connectivity index (χ4n) is 4.03. The van der Waals surface area contributed by atoms with Gasteiger partial charge in [0.05, 0.1) is 6.54 Å². The number of benzene rings is 1. The van der Waals surface area contributed by atoms with Crippen LogP contribution in [0, 0.1) is 6.92 Å². The molecule has 5 nitrogen and oxygen atoms in total. The second-order valence-electron chi connectivity index (χ2n) is 7.12. The lowest BCUT2D eigenvalue weighted by Gasteiger charge is -2.37.